The summed E-state index contributed by atoms with van der Waals surface area (Å²) in [7, 11) is 1.23. The Hall–Kier alpha value is -3.29. The zero-order chi connectivity index (χ0) is 20.1. The molecule has 8 heteroatoms. The molecule has 1 aromatic carbocycles. The minimum Gasteiger partial charge on any atom is -0.466 e. The van der Waals surface area contributed by atoms with Crippen molar-refractivity contribution in [1.82, 2.24) is 5.32 Å². The topological polar surface area (TPSA) is 68.5 Å². The summed E-state index contributed by atoms with van der Waals surface area (Å²) in [5.41, 5.74) is 0.897. The molecule has 1 atom stereocenters. The average Bonchev–Trinajstić information content (AvgIpc) is 2.68. The summed E-state index contributed by atoms with van der Waals surface area (Å²) < 4.78 is 36.9. The number of carbonyl (C=O) groups excluding carboxylic acids is 2. The van der Waals surface area contributed by atoms with Crippen LogP contribution in [0.15, 0.2) is 66.1 Å². The van der Waals surface area contributed by atoms with Gasteiger partial charge in [0.05, 0.1) is 18.4 Å². The van der Waals surface area contributed by atoms with Gasteiger partial charge in [0, 0.05) is 30.0 Å². The molecule has 1 unspecified atom stereocenters. The van der Waals surface area contributed by atoms with Crippen molar-refractivity contribution in [2.24, 2.45) is 0 Å². The van der Waals surface area contributed by atoms with Crippen molar-refractivity contribution in [2.75, 3.05) is 7.11 Å². The molecule has 0 bridgehead atoms. The first-order valence-corrected chi connectivity index (χ1v) is 8.58. The minimum atomic E-state index is -3.02. The predicted octanol–water partition coefficient (Wildman–Crippen LogP) is 2.31. The van der Waals surface area contributed by atoms with Crippen LogP contribution in [-0.2, 0) is 20.9 Å². The summed E-state index contributed by atoms with van der Waals surface area (Å²) in [6.45, 7) is -2.81. The number of amides is 1. The average molecular weight is 389 g/mol. The smallest absolute Gasteiger partial charge is 0.387 e. The Kier molecular flexibility index (Phi) is 5.98. The number of para-hydroxylation sites is 1. The fraction of sp³-hybridized carbons (Fsp3) is 0.250. The molecule has 28 heavy (non-hydrogen) atoms. The van der Waals surface area contributed by atoms with Crippen LogP contribution in [0.2, 0.25) is 0 Å². The molecule has 0 saturated carbocycles. The van der Waals surface area contributed by atoms with Gasteiger partial charge in [-0.15, -0.1) is 0 Å². The van der Waals surface area contributed by atoms with Crippen molar-refractivity contribution >= 4 is 11.9 Å². The molecule has 146 valence electrons. The number of methoxy groups -OCH3 is 1. The molecule has 0 radical (unpaired) electrons. The highest BCUT2D eigenvalue weighted by molar-refractivity contribution is 5.96. The zero-order valence-corrected chi connectivity index (χ0v) is 15.1. The fourth-order valence-corrected chi connectivity index (χ4v) is 3.24. The maximum absolute atomic E-state index is 12.8. The van der Waals surface area contributed by atoms with Crippen LogP contribution >= 0.6 is 0 Å². The SMILES string of the molecule is COC(=O)C1=C(C[n+]2ccccc2)NC(=O)CC1c1ccccc1OC(F)F. The van der Waals surface area contributed by atoms with Crippen LogP contribution in [0.3, 0.4) is 0 Å². The summed E-state index contributed by atoms with van der Waals surface area (Å²) in [5.74, 6) is -1.81. The lowest BCUT2D eigenvalue weighted by Crippen LogP contribution is -2.43. The van der Waals surface area contributed by atoms with Crippen LogP contribution < -0.4 is 14.6 Å². The maximum atomic E-state index is 12.8. The van der Waals surface area contributed by atoms with Crippen molar-refractivity contribution in [3.8, 4) is 5.75 Å². The van der Waals surface area contributed by atoms with E-state index in [1.54, 1.807) is 35.2 Å². The van der Waals surface area contributed by atoms with E-state index in [9.17, 15) is 18.4 Å². The van der Waals surface area contributed by atoms with Crippen LogP contribution in [0.25, 0.3) is 0 Å². The van der Waals surface area contributed by atoms with E-state index < -0.39 is 18.5 Å². The standard InChI is InChI=1S/C20H18F2N2O4/c1-27-19(26)18-14(13-7-3-4-8-16(13)28-20(21)22)11-17(25)23-15(18)12-24-9-5-2-6-10-24/h2-10,14,20H,11-12H2,1H3/p+1. The van der Waals surface area contributed by atoms with Gasteiger partial charge < -0.3 is 14.8 Å². The third-order valence-corrected chi connectivity index (χ3v) is 4.39. The van der Waals surface area contributed by atoms with Gasteiger partial charge in [-0.2, -0.15) is 13.3 Å². The van der Waals surface area contributed by atoms with Crippen molar-refractivity contribution in [1.29, 1.82) is 0 Å². The zero-order valence-electron chi connectivity index (χ0n) is 15.1. The Labute approximate surface area is 160 Å². The lowest BCUT2D eigenvalue weighted by atomic mass is 9.83. The second-order valence-corrected chi connectivity index (χ2v) is 6.15. The highest BCUT2D eigenvalue weighted by Crippen LogP contribution is 2.38. The van der Waals surface area contributed by atoms with E-state index in [-0.39, 0.29) is 30.2 Å². The van der Waals surface area contributed by atoms with E-state index in [0.717, 1.165) is 0 Å². The number of alkyl halides is 2. The number of hydrogen-bond donors (Lipinski definition) is 1. The Morgan fingerprint density at radius 3 is 2.61 bits per heavy atom. The predicted molar refractivity (Wildman–Crippen MR) is 94.3 cm³/mol. The van der Waals surface area contributed by atoms with Gasteiger partial charge in [0.25, 0.3) is 0 Å². The Balaban J connectivity index is 2.10. The quantitative estimate of drug-likeness (QED) is 0.608. The van der Waals surface area contributed by atoms with Gasteiger partial charge in [0.1, 0.15) is 5.75 Å². The van der Waals surface area contributed by atoms with E-state index in [2.05, 4.69) is 10.1 Å². The summed E-state index contributed by atoms with van der Waals surface area (Å²) in [5, 5.41) is 2.72. The van der Waals surface area contributed by atoms with Gasteiger partial charge >= 0.3 is 12.6 Å². The van der Waals surface area contributed by atoms with Gasteiger partial charge in [-0.25, -0.2) is 4.79 Å². The molecular formula is C20H19F2N2O4+. The largest absolute Gasteiger partial charge is 0.466 e. The number of allylic oxidation sites excluding steroid dienone is 1. The van der Waals surface area contributed by atoms with Crippen LogP contribution in [0.1, 0.15) is 17.9 Å². The summed E-state index contributed by atoms with van der Waals surface area (Å²) in [6.07, 6.45) is 3.48. The summed E-state index contributed by atoms with van der Waals surface area (Å²) in [4.78, 5) is 24.9. The van der Waals surface area contributed by atoms with Crippen LogP contribution in [-0.4, -0.2) is 25.6 Å². The van der Waals surface area contributed by atoms with E-state index in [0.29, 0.717) is 11.3 Å². The number of esters is 1. The maximum Gasteiger partial charge on any atom is 0.387 e. The first-order valence-electron chi connectivity index (χ1n) is 8.58. The van der Waals surface area contributed by atoms with E-state index in [1.165, 1.54) is 13.2 Å². The summed E-state index contributed by atoms with van der Waals surface area (Å²) in [6, 6.07) is 11.6. The summed E-state index contributed by atoms with van der Waals surface area (Å²) >= 11 is 0. The normalized spacial score (nSPS) is 16.7. The third-order valence-electron chi connectivity index (χ3n) is 4.39. The number of rotatable bonds is 6. The molecule has 0 aliphatic carbocycles. The fourth-order valence-electron chi connectivity index (χ4n) is 3.24. The van der Waals surface area contributed by atoms with Crippen molar-refractivity contribution < 1.29 is 32.4 Å². The first kappa shape index (κ1) is 19.5. The number of pyridine rings is 1. The van der Waals surface area contributed by atoms with Crippen LogP contribution in [0.4, 0.5) is 8.78 Å². The van der Waals surface area contributed by atoms with E-state index in [1.807, 2.05) is 18.2 Å². The number of carbonyl (C=O) groups is 2. The molecular weight excluding hydrogens is 370 g/mol. The Bertz CT molecular complexity index is 900. The van der Waals surface area contributed by atoms with Crippen molar-refractivity contribution in [3.63, 3.8) is 0 Å². The molecule has 2 aromatic rings. The number of nitrogens with one attached hydrogen (secondary N) is 1. The molecule has 1 N–H and O–H groups in total. The van der Waals surface area contributed by atoms with Gasteiger partial charge in [-0.05, 0) is 6.07 Å². The second kappa shape index (κ2) is 8.60. The number of halogens is 2. The molecule has 6 nitrogen and oxygen atoms in total. The molecule has 1 aromatic heterocycles. The minimum absolute atomic E-state index is 0.0784. The van der Waals surface area contributed by atoms with Crippen LogP contribution in [0, 0.1) is 0 Å². The highest BCUT2D eigenvalue weighted by atomic mass is 19.3. The molecule has 1 amide bonds. The van der Waals surface area contributed by atoms with E-state index >= 15 is 0 Å². The second-order valence-electron chi connectivity index (χ2n) is 6.15. The van der Waals surface area contributed by atoms with Gasteiger partial charge in [0.2, 0.25) is 5.91 Å². The molecule has 1 aliphatic heterocycles. The molecule has 0 spiro atoms. The number of ether oxygens (including phenoxy) is 2. The number of aromatic nitrogens is 1. The number of hydrogen-bond acceptors (Lipinski definition) is 4. The monoisotopic (exact) mass is 389 g/mol. The Morgan fingerprint density at radius 1 is 1.21 bits per heavy atom. The lowest BCUT2D eigenvalue weighted by molar-refractivity contribution is -0.689. The Morgan fingerprint density at radius 2 is 1.93 bits per heavy atom. The number of benzene rings is 1. The molecule has 1 aliphatic rings. The number of nitrogens with zero attached hydrogens (tertiary/aromatic N) is 1. The first-order chi connectivity index (χ1) is 13.5. The third kappa shape index (κ3) is 4.33. The molecule has 3 rings (SSSR count). The van der Waals surface area contributed by atoms with Gasteiger partial charge in [-0.1, -0.05) is 24.3 Å². The highest BCUT2D eigenvalue weighted by Gasteiger charge is 2.36. The van der Waals surface area contributed by atoms with Crippen molar-refractivity contribution in [3.05, 3.63) is 71.7 Å². The van der Waals surface area contributed by atoms with E-state index in [4.69, 9.17) is 4.74 Å². The molecule has 0 saturated heterocycles. The van der Waals surface area contributed by atoms with Gasteiger partial charge in [-0.3, -0.25) is 4.79 Å². The molecule has 2 heterocycles. The molecule has 0 fully saturated rings. The van der Waals surface area contributed by atoms with Gasteiger partial charge in [0.15, 0.2) is 18.9 Å². The lowest BCUT2D eigenvalue weighted by Gasteiger charge is -2.27. The van der Waals surface area contributed by atoms with Crippen LogP contribution in [0.5, 0.6) is 5.75 Å². The van der Waals surface area contributed by atoms with Crippen molar-refractivity contribution in [2.45, 2.75) is 25.5 Å².